The molecule has 1 aromatic rings. The molecule has 0 aliphatic rings. The maximum absolute atomic E-state index is 12.3. The molecule has 0 aliphatic carbocycles. The van der Waals surface area contributed by atoms with E-state index in [2.05, 4.69) is 5.10 Å². The fourth-order valence-electron chi connectivity index (χ4n) is 1.69. The van der Waals surface area contributed by atoms with Crippen LogP contribution in [0.25, 0.3) is 0 Å². The minimum atomic E-state index is -1.02. The highest BCUT2D eigenvalue weighted by molar-refractivity contribution is 5.94. The van der Waals surface area contributed by atoms with Gasteiger partial charge in [0.15, 0.2) is 0 Å². The molecule has 0 saturated carbocycles. The summed E-state index contributed by atoms with van der Waals surface area (Å²) < 4.78 is 1.51. The van der Waals surface area contributed by atoms with Crippen LogP contribution in [0.15, 0.2) is 6.07 Å². The largest absolute Gasteiger partial charge is 0.480 e. The van der Waals surface area contributed by atoms with Crippen LogP contribution in [0.1, 0.15) is 43.9 Å². The van der Waals surface area contributed by atoms with Crippen molar-refractivity contribution in [1.82, 2.24) is 14.7 Å². The van der Waals surface area contributed by atoms with Crippen molar-refractivity contribution in [2.45, 2.75) is 33.1 Å². The fourth-order valence-corrected chi connectivity index (χ4v) is 1.69. The van der Waals surface area contributed by atoms with Crippen LogP contribution in [-0.2, 0) is 17.3 Å². The number of aromatic nitrogens is 2. The summed E-state index contributed by atoms with van der Waals surface area (Å²) in [5, 5.41) is 13.1. The number of hydrogen-bond acceptors (Lipinski definition) is 3. The quantitative estimate of drug-likeness (QED) is 0.891. The lowest BCUT2D eigenvalue weighted by Crippen LogP contribution is -2.36. The molecule has 0 atom stereocenters. The van der Waals surface area contributed by atoms with Gasteiger partial charge in [-0.05, 0) is 13.0 Å². The van der Waals surface area contributed by atoms with Gasteiger partial charge in [0.05, 0.1) is 5.69 Å². The fraction of sp³-hybridized carbons (Fsp3) is 0.615. The molecule has 0 aromatic carbocycles. The van der Waals surface area contributed by atoms with E-state index in [-0.39, 0.29) is 17.9 Å². The Bertz CT molecular complexity index is 486. The van der Waals surface area contributed by atoms with E-state index in [0.717, 1.165) is 5.69 Å². The topological polar surface area (TPSA) is 75.4 Å². The van der Waals surface area contributed by atoms with Gasteiger partial charge in [-0.25, -0.2) is 0 Å². The van der Waals surface area contributed by atoms with Gasteiger partial charge < -0.3 is 10.0 Å². The Morgan fingerprint density at radius 2 is 2.00 bits per heavy atom. The summed E-state index contributed by atoms with van der Waals surface area (Å²) in [5.74, 6) is -1.33. The average Bonchev–Trinajstić information content (AvgIpc) is 2.66. The maximum Gasteiger partial charge on any atom is 0.323 e. The molecule has 0 unspecified atom stereocenters. The molecule has 1 amide bonds. The Hall–Kier alpha value is -1.85. The van der Waals surface area contributed by atoms with Gasteiger partial charge in [0.1, 0.15) is 12.2 Å². The second kappa shape index (κ2) is 5.42. The maximum atomic E-state index is 12.3. The number of aliphatic carboxylic acids is 1. The third-order valence-electron chi connectivity index (χ3n) is 2.86. The summed E-state index contributed by atoms with van der Waals surface area (Å²) in [4.78, 5) is 24.3. The number of likely N-dealkylation sites (N-methyl/N-ethyl adjacent to an activating group) is 1. The number of carboxylic acid groups (broad SMARTS) is 1. The Morgan fingerprint density at radius 1 is 1.42 bits per heavy atom. The van der Waals surface area contributed by atoms with Crippen LogP contribution >= 0.6 is 0 Å². The summed E-state index contributed by atoms with van der Waals surface area (Å²) in [5.41, 5.74) is 1.07. The molecular weight excluding hydrogens is 246 g/mol. The lowest BCUT2D eigenvalue weighted by Gasteiger charge is -2.18. The minimum absolute atomic E-state index is 0.153. The third-order valence-corrected chi connectivity index (χ3v) is 2.86. The molecule has 1 rings (SSSR count). The van der Waals surface area contributed by atoms with Gasteiger partial charge in [-0.15, -0.1) is 0 Å². The molecule has 0 fully saturated rings. The highest BCUT2D eigenvalue weighted by Gasteiger charge is 2.24. The zero-order valence-electron chi connectivity index (χ0n) is 12.1. The summed E-state index contributed by atoms with van der Waals surface area (Å²) in [6.45, 7) is 7.84. The van der Waals surface area contributed by atoms with Crippen LogP contribution in [0.3, 0.4) is 0 Å². The molecule has 6 heteroatoms. The summed E-state index contributed by atoms with van der Waals surface area (Å²) >= 11 is 0. The molecule has 19 heavy (non-hydrogen) atoms. The number of rotatable bonds is 4. The van der Waals surface area contributed by atoms with E-state index in [1.54, 1.807) is 20.0 Å². The molecular formula is C13H21N3O3. The molecule has 0 aliphatic heterocycles. The monoisotopic (exact) mass is 267 g/mol. The number of carboxylic acids is 1. The number of aryl methyl sites for hydroxylation is 1. The van der Waals surface area contributed by atoms with Gasteiger partial charge in [0.25, 0.3) is 5.91 Å². The van der Waals surface area contributed by atoms with E-state index in [0.29, 0.717) is 12.2 Å². The molecule has 0 bridgehead atoms. The van der Waals surface area contributed by atoms with E-state index in [1.807, 2.05) is 20.8 Å². The predicted molar refractivity (Wildman–Crippen MR) is 71.1 cm³/mol. The molecule has 1 N–H and O–H groups in total. The predicted octanol–water partition coefficient (Wildman–Crippen LogP) is 1.26. The van der Waals surface area contributed by atoms with E-state index >= 15 is 0 Å². The summed E-state index contributed by atoms with van der Waals surface area (Å²) in [6.07, 6.45) is 0. The number of carbonyl (C=O) groups excluding carboxylic acids is 1. The molecule has 0 radical (unpaired) electrons. The smallest absolute Gasteiger partial charge is 0.323 e. The van der Waals surface area contributed by atoms with Crippen molar-refractivity contribution in [3.05, 3.63) is 17.5 Å². The number of carbonyl (C=O) groups is 2. The van der Waals surface area contributed by atoms with Crippen LogP contribution in [0, 0.1) is 0 Å². The van der Waals surface area contributed by atoms with Gasteiger partial charge >= 0.3 is 5.97 Å². The second-order valence-corrected chi connectivity index (χ2v) is 5.50. The lowest BCUT2D eigenvalue weighted by atomic mass is 9.92. The van der Waals surface area contributed by atoms with Gasteiger partial charge in [-0.1, -0.05) is 20.8 Å². The molecule has 1 heterocycles. The normalized spacial score (nSPS) is 11.4. The highest BCUT2D eigenvalue weighted by atomic mass is 16.4. The van der Waals surface area contributed by atoms with E-state index in [9.17, 15) is 9.59 Å². The van der Waals surface area contributed by atoms with Crippen molar-refractivity contribution in [2.24, 2.45) is 7.05 Å². The Labute approximate surface area is 113 Å². The molecule has 106 valence electrons. The van der Waals surface area contributed by atoms with Crippen LogP contribution in [0.2, 0.25) is 0 Å². The number of amides is 1. The standard InChI is InChI=1S/C13H21N3O3/c1-6-16(8-11(17)18)12(19)9-7-10(13(2,3)4)14-15(9)5/h7H,6,8H2,1-5H3,(H,17,18). The highest BCUT2D eigenvalue weighted by Crippen LogP contribution is 2.21. The second-order valence-electron chi connectivity index (χ2n) is 5.50. The Kier molecular flexibility index (Phi) is 4.34. The average molecular weight is 267 g/mol. The lowest BCUT2D eigenvalue weighted by molar-refractivity contribution is -0.137. The first kappa shape index (κ1) is 15.2. The van der Waals surface area contributed by atoms with Gasteiger partial charge in [0, 0.05) is 19.0 Å². The first-order valence-electron chi connectivity index (χ1n) is 6.22. The van der Waals surface area contributed by atoms with Gasteiger partial charge in [-0.2, -0.15) is 5.10 Å². The van der Waals surface area contributed by atoms with Crippen molar-refractivity contribution in [1.29, 1.82) is 0 Å². The van der Waals surface area contributed by atoms with Gasteiger partial charge in [-0.3, -0.25) is 14.3 Å². The summed E-state index contributed by atoms with van der Waals surface area (Å²) in [6, 6.07) is 1.73. The van der Waals surface area contributed by atoms with Crippen LogP contribution in [0.4, 0.5) is 0 Å². The van der Waals surface area contributed by atoms with Crippen molar-refractivity contribution < 1.29 is 14.7 Å². The Balaban J connectivity index is 3.05. The minimum Gasteiger partial charge on any atom is -0.480 e. The van der Waals surface area contributed by atoms with Crippen molar-refractivity contribution >= 4 is 11.9 Å². The van der Waals surface area contributed by atoms with E-state index in [1.165, 1.54) is 9.58 Å². The molecule has 1 aromatic heterocycles. The zero-order chi connectivity index (χ0) is 14.8. The van der Waals surface area contributed by atoms with E-state index in [4.69, 9.17) is 5.11 Å². The Morgan fingerprint density at radius 3 is 2.37 bits per heavy atom. The van der Waals surface area contributed by atoms with Gasteiger partial charge in [0.2, 0.25) is 0 Å². The molecule has 0 saturated heterocycles. The van der Waals surface area contributed by atoms with Crippen molar-refractivity contribution in [3.8, 4) is 0 Å². The zero-order valence-corrected chi connectivity index (χ0v) is 12.1. The molecule has 6 nitrogen and oxygen atoms in total. The third kappa shape index (κ3) is 3.56. The summed E-state index contributed by atoms with van der Waals surface area (Å²) in [7, 11) is 1.69. The number of hydrogen-bond donors (Lipinski definition) is 1. The molecule has 0 spiro atoms. The van der Waals surface area contributed by atoms with Crippen molar-refractivity contribution in [3.63, 3.8) is 0 Å². The van der Waals surface area contributed by atoms with Crippen LogP contribution < -0.4 is 0 Å². The number of nitrogens with zero attached hydrogens (tertiary/aromatic N) is 3. The van der Waals surface area contributed by atoms with Crippen molar-refractivity contribution in [2.75, 3.05) is 13.1 Å². The first-order chi connectivity index (χ1) is 8.66. The van der Waals surface area contributed by atoms with Crippen LogP contribution in [0.5, 0.6) is 0 Å². The van der Waals surface area contributed by atoms with Crippen LogP contribution in [-0.4, -0.2) is 44.8 Å². The first-order valence-corrected chi connectivity index (χ1v) is 6.22. The van der Waals surface area contributed by atoms with E-state index < -0.39 is 5.97 Å². The SMILES string of the molecule is CCN(CC(=O)O)C(=O)c1cc(C(C)(C)C)nn1C.